The Kier molecular flexibility index (Phi) is 12.7. The number of methoxy groups -OCH3 is 1. The standard InChI is InChI=1S/C42H47F3N10O5/c1-46-39(58)30-5-3-4-6-32(30)49-38-31(42(43,44)45)24-47-41(52-38)50-33-12-11-29(23-35(33)60-2)54-19-21-55(22-20-54)37(57)25-53-17-15-27(16-18-53)26-7-9-28(10-8-26)48-34-13-14-36(56)51-40(34)59/h3-12,23-24,27,34,48H,13-22,25H2,1-2H3,(H,46,58)(H,51,56,59)(H2,47,49,50,52). The van der Waals surface area contributed by atoms with Gasteiger partial charge in [0.15, 0.2) is 0 Å². The Labute approximate surface area is 345 Å². The lowest BCUT2D eigenvalue weighted by atomic mass is 9.89. The highest BCUT2D eigenvalue weighted by atomic mass is 19.4. The number of piperidine rings is 2. The van der Waals surface area contributed by atoms with Crippen molar-refractivity contribution < 1.29 is 37.1 Å². The van der Waals surface area contributed by atoms with E-state index in [4.69, 9.17) is 4.74 Å². The second kappa shape index (κ2) is 18.2. The van der Waals surface area contributed by atoms with Gasteiger partial charge >= 0.3 is 6.18 Å². The van der Waals surface area contributed by atoms with Crippen molar-refractivity contribution in [2.45, 2.75) is 43.8 Å². The average Bonchev–Trinajstić information content (AvgIpc) is 3.25. The second-order valence-corrected chi connectivity index (χ2v) is 14.9. The van der Waals surface area contributed by atoms with Crippen LogP contribution >= 0.6 is 0 Å². The van der Waals surface area contributed by atoms with Crippen LogP contribution in [0.1, 0.15) is 53.1 Å². The largest absolute Gasteiger partial charge is 0.494 e. The number of hydrogen-bond acceptors (Lipinski definition) is 12. The lowest BCUT2D eigenvalue weighted by Gasteiger charge is -2.38. The Balaban J connectivity index is 0.905. The number of alkyl halides is 3. The number of imide groups is 1. The van der Waals surface area contributed by atoms with Crippen molar-refractivity contribution in [2.75, 3.05) is 80.8 Å². The molecule has 1 atom stereocenters. The summed E-state index contributed by atoms with van der Waals surface area (Å²) in [5.74, 6) is -0.786. The summed E-state index contributed by atoms with van der Waals surface area (Å²) in [5.41, 5.74) is 2.52. The number of amides is 4. The zero-order chi connectivity index (χ0) is 42.4. The Morgan fingerprint density at radius 3 is 2.32 bits per heavy atom. The molecule has 60 heavy (non-hydrogen) atoms. The summed E-state index contributed by atoms with van der Waals surface area (Å²) in [5, 5.41) is 13.7. The van der Waals surface area contributed by atoms with Gasteiger partial charge in [0.1, 0.15) is 23.2 Å². The quantitative estimate of drug-likeness (QED) is 0.120. The van der Waals surface area contributed by atoms with Crippen molar-refractivity contribution in [3.63, 3.8) is 0 Å². The number of piperazine rings is 1. The Bertz CT molecular complexity index is 2210. The van der Waals surface area contributed by atoms with Gasteiger partial charge in [0, 0.05) is 63.3 Å². The molecule has 3 fully saturated rings. The molecule has 4 aromatic rings. The van der Waals surface area contributed by atoms with Crippen LogP contribution in [0, 0.1) is 0 Å². The molecule has 1 unspecified atom stereocenters. The van der Waals surface area contributed by atoms with Gasteiger partial charge in [-0.05, 0) is 80.2 Å². The Morgan fingerprint density at radius 1 is 0.900 bits per heavy atom. The van der Waals surface area contributed by atoms with E-state index in [1.807, 2.05) is 29.2 Å². The molecule has 0 bridgehead atoms. The molecule has 18 heteroatoms. The minimum absolute atomic E-state index is 0.0941. The number of likely N-dealkylation sites (tertiary alicyclic amines) is 1. The van der Waals surface area contributed by atoms with Crippen molar-refractivity contribution >= 4 is 58.1 Å². The Morgan fingerprint density at radius 2 is 1.63 bits per heavy atom. The third-order valence-corrected chi connectivity index (χ3v) is 11.1. The van der Waals surface area contributed by atoms with Crippen molar-refractivity contribution in [3.8, 4) is 5.75 Å². The summed E-state index contributed by atoms with van der Waals surface area (Å²) in [4.78, 5) is 63.6. The molecule has 0 saturated carbocycles. The van der Waals surface area contributed by atoms with Crippen LogP contribution in [-0.2, 0) is 20.6 Å². The van der Waals surface area contributed by atoms with Crippen LogP contribution in [-0.4, -0.2) is 109 Å². The number of ether oxygens (including phenoxy) is 1. The van der Waals surface area contributed by atoms with Gasteiger partial charge in [-0.15, -0.1) is 0 Å². The molecule has 0 radical (unpaired) electrons. The number of nitrogens with one attached hydrogen (secondary N) is 5. The number of aromatic nitrogens is 2. The SMILES string of the molecule is CNC(=O)c1ccccc1Nc1nc(Nc2ccc(N3CCN(C(=O)CN4CCC(c5ccc(NC6CCC(=O)NC6=O)cc5)CC4)CC3)cc2OC)ncc1C(F)(F)F. The van der Waals surface area contributed by atoms with Crippen molar-refractivity contribution in [2.24, 2.45) is 0 Å². The van der Waals surface area contributed by atoms with Gasteiger partial charge in [-0.25, -0.2) is 4.98 Å². The number of nitrogens with zero attached hydrogens (tertiary/aromatic N) is 5. The van der Waals surface area contributed by atoms with Gasteiger partial charge in [0.25, 0.3) is 5.91 Å². The first-order chi connectivity index (χ1) is 28.9. The number of carbonyl (C=O) groups is 4. The normalized spacial score (nSPS) is 17.8. The highest BCUT2D eigenvalue weighted by Crippen LogP contribution is 2.37. The van der Waals surface area contributed by atoms with E-state index < -0.39 is 29.5 Å². The smallest absolute Gasteiger partial charge is 0.421 e. The van der Waals surface area contributed by atoms with Crippen LogP contribution in [0.2, 0.25) is 0 Å². The minimum atomic E-state index is -4.77. The fourth-order valence-electron chi connectivity index (χ4n) is 7.71. The minimum Gasteiger partial charge on any atom is -0.494 e. The summed E-state index contributed by atoms with van der Waals surface area (Å²) in [6.45, 7) is 4.30. The van der Waals surface area contributed by atoms with Crippen LogP contribution in [0.5, 0.6) is 5.75 Å². The van der Waals surface area contributed by atoms with Crippen molar-refractivity contribution in [3.05, 3.63) is 89.6 Å². The first-order valence-electron chi connectivity index (χ1n) is 19.8. The van der Waals surface area contributed by atoms with Crippen LogP contribution in [0.4, 0.5) is 47.7 Å². The van der Waals surface area contributed by atoms with E-state index in [-0.39, 0.29) is 34.9 Å². The number of carbonyl (C=O) groups excluding carboxylic acids is 4. The molecule has 1 aromatic heterocycles. The lowest BCUT2D eigenvalue weighted by molar-refractivity contribution is -0.137. The summed E-state index contributed by atoms with van der Waals surface area (Å²) >= 11 is 0. The topological polar surface area (TPSA) is 173 Å². The van der Waals surface area contributed by atoms with Gasteiger partial charge in [-0.3, -0.25) is 29.4 Å². The molecule has 3 aromatic carbocycles. The molecule has 7 rings (SSSR count). The van der Waals surface area contributed by atoms with Crippen molar-refractivity contribution in [1.29, 1.82) is 0 Å². The molecule has 15 nitrogen and oxygen atoms in total. The molecule has 0 spiro atoms. The molecule has 3 aliphatic rings. The monoisotopic (exact) mass is 828 g/mol. The fourth-order valence-corrected chi connectivity index (χ4v) is 7.71. The van der Waals surface area contributed by atoms with Crippen LogP contribution in [0.3, 0.4) is 0 Å². The highest BCUT2D eigenvalue weighted by molar-refractivity contribution is 6.01. The van der Waals surface area contributed by atoms with Gasteiger partial charge in [-0.2, -0.15) is 18.2 Å². The maximum absolute atomic E-state index is 14.0. The number of anilines is 6. The third kappa shape index (κ3) is 9.87. The van der Waals surface area contributed by atoms with Gasteiger partial charge in [0.2, 0.25) is 23.7 Å². The molecule has 5 N–H and O–H groups in total. The molecule has 316 valence electrons. The van der Waals surface area contributed by atoms with E-state index in [1.165, 1.54) is 31.9 Å². The molecule has 4 amide bonds. The van der Waals surface area contributed by atoms with E-state index in [0.717, 1.165) is 37.3 Å². The van der Waals surface area contributed by atoms with Crippen LogP contribution < -0.4 is 36.2 Å². The predicted octanol–water partition coefficient (Wildman–Crippen LogP) is 5.10. The average molecular weight is 829 g/mol. The first kappa shape index (κ1) is 41.7. The van der Waals surface area contributed by atoms with Gasteiger partial charge in [-0.1, -0.05) is 24.3 Å². The van der Waals surface area contributed by atoms with Gasteiger partial charge < -0.3 is 35.8 Å². The molecule has 0 aliphatic carbocycles. The van der Waals surface area contributed by atoms with E-state index in [9.17, 15) is 32.3 Å². The highest BCUT2D eigenvalue weighted by Gasteiger charge is 2.36. The maximum atomic E-state index is 14.0. The molecule has 4 heterocycles. The maximum Gasteiger partial charge on any atom is 0.421 e. The zero-order valence-electron chi connectivity index (χ0n) is 33.3. The number of rotatable bonds is 12. The summed E-state index contributed by atoms with van der Waals surface area (Å²) in [7, 11) is 2.91. The van der Waals surface area contributed by atoms with E-state index in [2.05, 4.69) is 58.5 Å². The molecular formula is C42H47F3N10O5. The lowest BCUT2D eigenvalue weighted by Crippen LogP contribution is -2.51. The molecular weight excluding hydrogens is 782 g/mol. The zero-order valence-corrected chi connectivity index (χ0v) is 33.3. The summed E-state index contributed by atoms with van der Waals surface area (Å²) in [6, 6.07) is 19.3. The number of halogens is 3. The number of para-hydroxylation sites is 1. The third-order valence-electron chi connectivity index (χ3n) is 11.1. The van der Waals surface area contributed by atoms with Crippen molar-refractivity contribution in [1.82, 2.24) is 30.4 Å². The van der Waals surface area contributed by atoms with E-state index >= 15 is 0 Å². The first-order valence-corrected chi connectivity index (χ1v) is 19.8. The Hall–Kier alpha value is -6.43. The molecule has 3 saturated heterocycles. The number of benzene rings is 3. The fraction of sp³-hybridized carbons (Fsp3) is 0.381. The summed E-state index contributed by atoms with van der Waals surface area (Å²) in [6.07, 6.45) is -1.43. The van der Waals surface area contributed by atoms with Crippen LogP contribution in [0.15, 0.2) is 72.9 Å². The molecule has 3 aliphatic heterocycles. The van der Waals surface area contributed by atoms with Crippen LogP contribution in [0.25, 0.3) is 0 Å². The van der Waals surface area contributed by atoms with Gasteiger partial charge in [0.05, 0.1) is 30.6 Å². The summed E-state index contributed by atoms with van der Waals surface area (Å²) < 4.78 is 47.7. The van der Waals surface area contributed by atoms with E-state index in [1.54, 1.807) is 18.2 Å². The number of hydrogen-bond donors (Lipinski definition) is 5. The van der Waals surface area contributed by atoms with E-state index in [0.29, 0.717) is 69.1 Å². The predicted molar refractivity (Wildman–Crippen MR) is 220 cm³/mol. The second-order valence-electron chi connectivity index (χ2n) is 14.9.